The summed E-state index contributed by atoms with van der Waals surface area (Å²) in [5, 5.41) is 72.2. The van der Waals surface area contributed by atoms with E-state index in [0.29, 0.717) is 12.8 Å². The fourth-order valence-corrected chi connectivity index (χ4v) is 9.19. The van der Waals surface area contributed by atoms with Crippen molar-refractivity contribution in [3.05, 3.63) is 24.3 Å². The SMILES string of the molecule is CCCCC/C=C/C/C=C/CCCCCCCCCC(=O)O[C@@H](COC(=O)CCCCCCCCCCCCCCCCCCCCC)CO[C@@H]1O[C@H](CO[C@@H]2O[C@H](CO)[C@H](O)C(O)C2O)[C@H](O)C(O)C1O. The molecule has 422 valence electrons. The first kappa shape index (κ1) is 66.1. The van der Waals surface area contributed by atoms with E-state index in [-0.39, 0.29) is 26.1 Å². The highest BCUT2D eigenvalue weighted by molar-refractivity contribution is 5.70. The predicted molar refractivity (Wildman–Crippen MR) is 280 cm³/mol. The van der Waals surface area contributed by atoms with Gasteiger partial charge < -0.3 is 64.2 Å². The minimum atomic E-state index is -1.76. The summed E-state index contributed by atoms with van der Waals surface area (Å²) in [6.45, 7) is 2.60. The average molecular weight is 1030 g/mol. The van der Waals surface area contributed by atoms with Gasteiger partial charge in [0.1, 0.15) is 55.4 Å². The van der Waals surface area contributed by atoms with E-state index in [0.717, 1.165) is 64.2 Å². The molecule has 0 amide bonds. The molecule has 0 radical (unpaired) electrons. The van der Waals surface area contributed by atoms with Crippen molar-refractivity contribution in [3.8, 4) is 0 Å². The molecule has 2 aliphatic heterocycles. The molecule has 15 heteroatoms. The molecule has 15 nitrogen and oxygen atoms in total. The molecule has 0 bridgehead atoms. The topological polar surface area (TPSA) is 231 Å². The van der Waals surface area contributed by atoms with Crippen molar-refractivity contribution in [2.24, 2.45) is 0 Å². The van der Waals surface area contributed by atoms with Crippen molar-refractivity contribution in [2.45, 2.75) is 300 Å². The van der Waals surface area contributed by atoms with Gasteiger partial charge in [-0.3, -0.25) is 9.59 Å². The maximum Gasteiger partial charge on any atom is 0.306 e. The standard InChI is InChI=1S/C57H104O15/c1-3-5-7-9-11-13-15-17-19-21-22-24-25-27-29-31-33-35-37-39-48(59)67-42-45(70-49(60)40-38-36-34-32-30-28-26-23-20-18-16-14-12-10-8-6-4-2)43-68-56-55(66)53(64)51(62)47(72-56)44-69-57-54(65)52(63)50(61)46(41-58)71-57/h12,14,18,20,45-47,50-58,61-66H,3-11,13,15-17,19,21-44H2,1-2H3/b14-12+,20-18+/t45-,46+,47+,50-,51-,52?,53?,54?,55?,56+,57+/m0/s1. The van der Waals surface area contributed by atoms with Crippen LogP contribution in [0.2, 0.25) is 0 Å². The molecule has 7 N–H and O–H groups in total. The van der Waals surface area contributed by atoms with E-state index in [2.05, 4.69) is 38.2 Å². The molecule has 2 heterocycles. The number of esters is 2. The van der Waals surface area contributed by atoms with E-state index < -0.39 is 92.7 Å². The lowest BCUT2D eigenvalue weighted by molar-refractivity contribution is -0.332. The van der Waals surface area contributed by atoms with Crippen molar-refractivity contribution >= 4 is 11.9 Å². The number of aliphatic hydroxyl groups excluding tert-OH is 7. The summed E-state index contributed by atoms with van der Waals surface area (Å²) in [7, 11) is 0. The Morgan fingerprint density at radius 1 is 0.444 bits per heavy atom. The summed E-state index contributed by atoms with van der Waals surface area (Å²) in [5.41, 5.74) is 0. The summed E-state index contributed by atoms with van der Waals surface area (Å²) in [6, 6.07) is 0. The smallest absolute Gasteiger partial charge is 0.306 e. The molecule has 0 saturated carbocycles. The fraction of sp³-hybridized carbons (Fsp3) is 0.895. The van der Waals surface area contributed by atoms with Crippen LogP contribution in [0.1, 0.15) is 232 Å². The van der Waals surface area contributed by atoms with Gasteiger partial charge in [0.05, 0.1) is 19.8 Å². The Morgan fingerprint density at radius 3 is 1.32 bits per heavy atom. The summed E-state index contributed by atoms with van der Waals surface area (Å²) >= 11 is 0. The third-order valence-corrected chi connectivity index (χ3v) is 13.9. The van der Waals surface area contributed by atoms with E-state index >= 15 is 0 Å². The van der Waals surface area contributed by atoms with Gasteiger partial charge >= 0.3 is 11.9 Å². The minimum absolute atomic E-state index is 0.159. The van der Waals surface area contributed by atoms with E-state index in [9.17, 15) is 45.3 Å². The van der Waals surface area contributed by atoms with Gasteiger partial charge in [0.15, 0.2) is 18.7 Å². The van der Waals surface area contributed by atoms with Crippen LogP contribution >= 0.6 is 0 Å². The second-order valence-electron chi connectivity index (χ2n) is 20.5. The van der Waals surface area contributed by atoms with Crippen LogP contribution in [0.15, 0.2) is 24.3 Å². The lowest BCUT2D eigenvalue weighted by atomic mass is 9.98. The quantitative estimate of drug-likeness (QED) is 0.0171. The molecule has 2 rings (SSSR count). The molecule has 0 aromatic heterocycles. The highest BCUT2D eigenvalue weighted by Gasteiger charge is 2.47. The summed E-state index contributed by atoms with van der Waals surface area (Å²) < 4.78 is 33.7. The zero-order chi connectivity index (χ0) is 52.4. The highest BCUT2D eigenvalue weighted by Crippen LogP contribution is 2.27. The zero-order valence-electron chi connectivity index (χ0n) is 44.9. The lowest BCUT2D eigenvalue weighted by Gasteiger charge is -2.42. The summed E-state index contributed by atoms with van der Waals surface area (Å²) in [5.74, 6) is -0.922. The second-order valence-corrected chi connectivity index (χ2v) is 20.5. The molecule has 0 aromatic rings. The van der Waals surface area contributed by atoms with Gasteiger partial charge in [-0.1, -0.05) is 199 Å². The van der Waals surface area contributed by atoms with Gasteiger partial charge in [-0.25, -0.2) is 0 Å². The molecule has 0 aromatic carbocycles. The Morgan fingerprint density at radius 2 is 0.833 bits per heavy atom. The first-order valence-electron chi connectivity index (χ1n) is 28.9. The average Bonchev–Trinajstić information content (AvgIpc) is 3.37. The van der Waals surface area contributed by atoms with Gasteiger partial charge in [0, 0.05) is 12.8 Å². The van der Waals surface area contributed by atoms with E-state index in [1.165, 1.54) is 128 Å². The fourth-order valence-electron chi connectivity index (χ4n) is 9.19. The van der Waals surface area contributed by atoms with Crippen LogP contribution in [0, 0.1) is 0 Å². The van der Waals surface area contributed by atoms with Crippen LogP contribution in [0.25, 0.3) is 0 Å². The first-order chi connectivity index (χ1) is 35.0. The van der Waals surface area contributed by atoms with Crippen molar-refractivity contribution in [1.29, 1.82) is 0 Å². The number of rotatable bonds is 46. The van der Waals surface area contributed by atoms with Crippen LogP contribution < -0.4 is 0 Å². The maximum absolute atomic E-state index is 13.1. The Bertz CT molecular complexity index is 1350. The molecule has 11 atom stereocenters. The number of carbonyl (C=O) groups excluding carboxylic acids is 2. The van der Waals surface area contributed by atoms with Gasteiger partial charge in [-0.15, -0.1) is 0 Å². The molecular formula is C57H104O15. The minimum Gasteiger partial charge on any atom is -0.462 e. The normalized spacial score (nSPS) is 25.1. The lowest BCUT2D eigenvalue weighted by Crippen LogP contribution is -2.61. The van der Waals surface area contributed by atoms with E-state index in [1.807, 2.05) is 0 Å². The molecule has 0 spiro atoms. The third kappa shape index (κ3) is 31.1. The molecule has 2 saturated heterocycles. The van der Waals surface area contributed by atoms with Crippen molar-refractivity contribution in [1.82, 2.24) is 0 Å². The Labute approximate surface area is 434 Å². The van der Waals surface area contributed by atoms with Crippen LogP contribution in [0.5, 0.6) is 0 Å². The second kappa shape index (κ2) is 44.1. The van der Waals surface area contributed by atoms with Gasteiger partial charge in [0.25, 0.3) is 0 Å². The highest BCUT2D eigenvalue weighted by atomic mass is 16.7. The number of hydrogen-bond donors (Lipinski definition) is 7. The Hall–Kier alpha value is -2.02. The molecule has 2 aliphatic rings. The number of carbonyl (C=O) groups is 2. The monoisotopic (exact) mass is 1030 g/mol. The van der Waals surface area contributed by atoms with Crippen LogP contribution in [-0.4, -0.2) is 142 Å². The van der Waals surface area contributed by atoms with Crippen molar-refractivity contribution < 1.29 is 73.8 Å². The predicted octanol–water partition coefficient (Wildman–Crippen LogP) is 9.50. The Balaban J connectivity index is 1.75. The van der Waals surface area contributed by atoms with E-state index in [4.69, 9.17) is 28.4 Å². The maximum atomic E-state index is 13.1. The van der Waals surface area contributed by atoms with Crippen LogP contribution in [-0.2, 0) is 38.0 Å². The van der Waals surface area contributed by atoms with Gasteiger partial charge in [-0.2, -0.15) is 0 Å². The first-order valence-corrected chi connectivity index (χ1v) is 28.9. The number of allylic oxidation sites excluding steroid dienone is 4. The molecule has 4 unspecified atom stereocenters. The van der Waals surface area contributed by atoms with Crippen molar-refractivity contribution in [3.63, 3.8) is 0 Å². The summed E-state index contributed by atoms with van der Waals surface area (Å²) in [4.78, 5) is 25.9. The number of hydrogen-bond acceptors (Lipinski definition) is 15. The molecular weight excluding hydrogens is 925 g/mol. The van der Waals surface area contributed by atoms with Crippen molar-refractivity contribution in [2.75, 3.05) is 26.4 Å². The largest absolute Gasteiger partial charge is 0.462 e. The van der Waals surface area contributed by atoms with Crippen LogP contribution in [0.4, 0.5) is 0 Å². The third-order valence-electron chi connectivity index (χ3n) is 13.9. The molecule has 2 fully saturated rings. The van der Waals surface area contributed by atoms with E-state index in [1.54, 1.807) is 0 Å². The zero-order valence-corrected chi connectivity index (χ0v) is 44.9. The van der Waals surface area contributed by atoms with Gasteiger partial charge in [-0.05, 0) is 44.9 Å². The molecule has 0 aliphatic carbocycles. The number of unbranched alkanes of at least 4 members (excludes halogenated alkanes) is 28. The Kier molecular flexibility index (Phi) is 40.5. The van der Waals surface area contributed by atoms with Crippen LogP contribution in [0.3, 0.4) is 0 Å². The summed E-state index contributed by atoms with van der Waals surface area (Å²) in [6.07, 6.45) is 30.5. The van der Waals surface area contributed by atoms with Gasteiger partial charge in [0.2, 0.25) is 0 Å². The molecule has 72 heavy (non-hydrogen) atoms. The number of aliphatic hydroxyl groups is 7. The number of ether oxygens (including phenoxy) is 6.